The molecule has 0 fully saturated rings. The molecule has 2 nitrogen and oxygen atoms in total. The second kappa shape index (κ2) is 4.64. The Morgan fingerprint density at radius 3 is 2.43 bits per heavy atom. The van der Waals surface area contributed by atoms with E-state index in [0.29, 0.717) is 0 Å². The Labute approximate surface area is 101 Å². The third-order valence-corrected chi connectivity index (χ3v) is 2.89. The zero-order chi connectivity index (χ0) is 10.8. The molecule has 0 radical (unpaired) electrons. The predicted octanol–water partition coefficient (Wildman–Crippen LogP) is 3.97. The van der Waals surface area contributed by atoms with E-state index >= 15 is 0 Å². The van der Waals surface area contributed by atoms with Crippen molar-refractivity contribution in [3.8, 4) is 5.75 Å². The molecule has 0 aromatic heterocycles. The summed E-state index contributed by atoms with van der Waals surface area (Å²) in [5, 5.41) is 0. The van der Waals surface area contributed by atoms with Crippen molar-refractivity contribution in [1.82, 2.24) is 0 Å². The Bertz CT molecular complexity index is 324. The average molecular weight is 324 g/mol. The lowest BCUT2D eigenvalue weighted by Gasteiger charge is -2.25. The Hall–Kier alpha value is -0.0600. The first-order valence-electron chi connectivity index (χ1n) is 4.14. The van der Waals surface area contributed by atoms with Crippen molar-refractivity contribution in [2.75, 3.05) is 7.11 Å². The van der Waals surface area contributed by atoms with Gasteiger partial charge in [0.1, 0.15) is 5.75 Å². The van der Waals surface area contributed by atoms with Gasteiger partial charge in [-0.15, -0.1) is 0 Å². The molecule has 0 aliphatic carbocycles. The molecule has 1 rings (SSSR count). The van der Waals surface area contributed by atoms with Gasteiger partial charge in [-0.05, 0) is 34.1 Å². The molecule has 0 N–H and O–H groups in total. The summed E-state index contributed by atoms with van der Waals surface area (Å²) in [4.78, 5) is 0. The third-order valence-electron chi connectivity index (χ3n) is 1.74. The van der Waals surface area contributed by atoms with E-state index in [2.05, 4.69) is 31.9 Å². The van der Waals surface area contributed by atoms with Crippen molar-refractivity contribution in [2.45, 2.75) is 19.6 Å². The fourth-order valence-corrected chi connectivity index (χ4v) is 1.53. The topological polar surface area (TPSA) is 18.5 Å². The standard InChI is InChI=1S/C10H12Br2O2/c1-10(2,13-3)14-9-6-7(11)4-5-8(9)12/h4-6H,1-3H3. The molecule has 0 heterocycles. The van der Waals surface area contributed by atoms with Crippen LogP contribution in [-0.4, -0.2) is 12.9 Å². The maximum absolute atomic E-state index is 5.66. The maximum Gasteiger partial charge on any atom is 0.204 e. The number of halogens is 2. The number of hydrogen-bond donors (Lipinski definition) is 0. The van der Waals surface area contributed by atoms with Crippen molar-refractivity contribution in [2.24, 2.45) is 0 Å². The zero-order valence-corrected chi connectivity index (χ0v) is 11.5. The highest BCUT2D eigenvalue weighted by molar-refractivity contribution is 9.11. The van der Waals surface area contributed by atoms with Gasteiger partial charge < -0.3 is 9.47 Å². The van der Waals surface area contributed by atoms with Gasteiger partial charge >= 0.3 is 0 Å². The highest BCUT2D eigenvalue weighted by Gasteiger charge is 2.19. The van der Waals surface area contributed by atoms with E-state index in [0.717, 1.165) is 14.7 Å². The van der Waals surface area contributed by atoms with Crippen LogP contribution in [0.3, 0.4) is 0 Å². The van der Waals surface area contributed by atoms with E-state index in [1.54, 1.807) is 7.11 Å². The van der Waals surface area contributed by atoms with Crippen LogP contribution in [0.25, 0.3) is 0 Å². The molecule has 0 amide bonds. The minimum atomic E-state index is -0.622. The van der Waals surface area contributed by atoms with Crippen LogP contribution in [0.15, 0.2) is 27.1 Å². The van der Waals surface area contributed by atoms with E-state index in [1.807, 2.05) is 32.0 Å². The van der Waals surface area contributed by atoms with Crippen LogP contribution in [0, 0.1) is 0 Å². The lowest BCUT2D eigenvalue weighted by atomic mass is 10.3. The maximum atomic E-state index is 5.66. The third kappa shape index (κ3) is 3.26. The molecule has 78 valence electrons. The van der Waals surface area contributed by atoms with Gasteiger partial charge in [0.15, 0.2) is 0 Å². The molecule has 14 heavy (non-hydrogen) atoms. The van der Waals surface area contributed by atoms with Crippen molar-refractivity contribution >= 4 is 31.9 Å². The van der Waals surface area contributed by atoms with Gasteiger partial charge in [0, 0.05) is 25.4 Å². The predicted molar refractivity (Wildman–Crippen MR) is 63.6 cm³/mol. The van der Waals surface area contributed by atoms with Crippen LogP contribution in [0.5, 0.6) is 5.75 Å². The summed E-state index contributed by atoms with van der Waals surface area (Å²) < 4.78 is 12.7. The second-order valence-corrected chi connectivity index (χ2v) is 5.05. The van der Waals surface area contributed by atoms with E-state index in [1.165, 1.54) is 0 Å². The van der Waals surface area contributed by atoms with E-state index in [-0.39, 0.29) is 0 Å². The Balaban J connectivity index is 2.91. The molecule has 1 aromatic rings. The number of methoxy groups -OCH3 is 1. The van der Waals surface area contributed by atoms with E-state index in [9.17, 15) is 0 Å². The summed E-state index contributed by atoms with van der Waals surface area (Å²) in [5.41, 5.74) is 0. The normalized spacial score (nSPS) is 11.5. The Morgan fingerprint density at radius 1 is 1.21 bits per heavy atom. The molecule has 1 aromatic carbocycles. The molecule has 0 aliphatic rings. The molecule has 4 heteroatoms. The first-order chi connectivity index (χ1) is 6.44. The van der Waals surface area contributed by atoms with E-state index < -0.39 is 5.79 Å². The van der Waals surface area contributed by atoms with Gasteiger partial charge in [-0.25, -0.2) is 0 Å². The lowest BCUT2D eigenvalue weighted by Crippen LogP contribution is -2.30. The number of hydrogen-bond acceptors (Lipinski definition) is 2. The zero-order valence-electron chi connectivity index (χ0n) is 8.30. The van der Waals surface area contributed by atoms with Crippen molar-refractivity contribution in [3.63, 3.8) is 0 Å². The number of ether oxygens (including phenoxy) is 2. The monoisotopic (exact) mass is 322 g/mol. The van der Waals surface area contributed by atoms with Gasteiger partial charge in [-0.2, -0.15) is 0 Å². The molecule has 0 atom stereocenters. The molecule has 0 bridgehead atoms. The summed E-state index contributed by atoms with van der Waals surface area (Å²) in [7, 11) is 1.62. The van der Waals surface area contributed by atoms with Crippen molar-refractivity contribution in [3.05, 3.63) is 27.1 Å². The lowest BCUT2D eigenvalue weighted by molar-refractivity contribution is -0.134. The van der Waals surface area contributed by atoms with Crippen molar-refractivity contribution < 1.29 is 9.47 Å². The van der Waals surface area contributed by atoms with Crippen LogP contribution in [-0.2, 0) is 4.74 Å². The number of benzene rings is 1. The Kier molecular flexibility index (Phi) is 3.98. The van der Waals surface area contributed by atoms with Crippen LogP contribution in [0.4, 0.5) is 0 Å². The molecular weight excluding hydrogens is 312 g/mol. The molecule has 0 saturated heterocycles. The van der Waals surface area contributed by atoms with Crippen molar-refractivity contribution in [1.29, 1.82) is 0 Å². The number of rotatable bonds is 3. The van der Waals surface area contributed by atoms with E-state index in [4.69, 9.17) is 9.47 Å². The van der Waals surface area contributed by atoms with Gasteiger partial charge in [-0.3, -0.25) is 0 Å². The summed E-state index contributed by atoms with van der Waals surface area (Å²) >= 11 is 6.79. The first-order valence-corrected chi connectivity index (χ1v) is 5.72. The van der Waals surface area contributed by atoms with Crippen LogP contribution in [0.1, 0.15) is 13.8 Å². The summed E-state index contributed by atoms with van der Waals surface area (Å²) in [5.74, 6) is 0.134. The van der Waals surface area contributed by atoms with Gasteiger partial charge in [0.05, 0.1) is 4.47 Å². The molecule has 0 saturated carbocycles. The minimum Gasteiger partial charge on any atom is -0.462 e. The van der Waals surface area contributed by atoms with Gasteiger partial charge in [-0.1, -0.05) is 15.9 Å². The second-order valence-electron chi connectivity index (χ2n) is 3.28. The highest BCUT2D eigenvalue weighted by Crippen LogP contribution is 2.31. The highest BCUT2D eigenvalue weighted by atomic mass is 79.9. The molecular formula is C10H12Br2O2. The largest absolute Gasteiger partial charge is 0.462 e. The summed E-state index contributed by atoms with van der Waals surface area (Å²) in [6, 6.07) is 5.76. The molecule has 0 spiro atoms. The average Bonchev–Trinajstić information content (AvgIpc) is 2.11. The SMILES string of the molecule is COC(C)(C)Oc1cc(Br)ccc1Br. The summed E-state index contributed by atoms with van der Waals surface area (Å²) in [6.07, 6.45) is 0. The fourth-order valence-electron chi connectivity index (χ4n) is 0.862. The summed E-state index contributed by atoms with van der Waals surface area (Å²) in [6.45, 7) is 3.72. The quantitative estimate of drug-likeness (QED) is 0.783. The van der Waals surface area contributed by atoms with Gasteiger partial charge in [0.25, 0.3) is 0 Å². The van der Waals surface area contributed by atoms with Crippen LogP contribution < -0.4 is 4.74 Å². The minimum absolute atomic E-state index is 0.622. The smallest absolute Gasteiger partial charge is 0.204 e. The first kappa shape index (κ1) is 12.0. The van der Waals surface area contributed by atoms with Gasteiger partial charge in [0.2, 0.25) is 5.79 Å². The molecule has 0 aliphatic heterocycles. The fraction of sp³-hybridized carbons (Fsp3) is 0.400. The molecule has 0 unspecified atom stereocenters. The van der Waals surface area contributed by atoms with Crippen LogP contribution in [0.2, 0.25) is 0 Å². The Morgan fingerprint density at radius 2 is 1.86 bits per heavy atom. The van der Waals surface area contributed by atoms with Crippen LogP contribution >= 0.6 is 31.9 Å².